The minimum absolute atomic E-state index is 0.407. The summed E-state index contributed by atoms with van der Waals surface area (Å²) >= 11 is 0. The first-order chi connectivity index (χ1) is 9.65. The molecule has 1 unspecified atom stereocenters. The van der Waals surface area contributed by atoms with Crippen molar-refractivity contribution in [3.8, 4) is 0 Å². The molecule has 4 heteroatoms. The van der Waals surface area contributed by atoms with Crippen molar-refractivity contribution in [2.45, 2.75) is 32.2 Å². The van der Waals surface area contributed by atoms with Crippen LogP contribution in [0.5, 0.6) is 0 Å². The smallest absolute Gasteiger partial charge is 0.335 e. The second-order valence-corrected chi connectivity index (χ2v) is 5.94. The van der Waals surface area contributed by atoms with E-state index < -0.39 is 5.97 Å². The highest BCUT2D eigenvalue weighted by Crippen LogP contribution is 2.26. The fraction of sp³-hybridized carbons (Fsp3) is 0.562. The summed E-state index contributed by atoms with van der Waals surface area (Å²) in [6.07, 6.45) is 3.89. The van der Waals surface area contributed by atoms with Crippen LogP contribution in [0.15, 0.2) is 18.2 Å². The van der Waals surface area contributed by atoms with Crippen LogP contribution in [0.1, 0.15) is 35.2 Å². The number of hydrogen-bond acceptors (Lipinski definition) is 3. The zero-order valence-corrected chi connectivity index (χ0v) is 12.0. The maximum absolute atomic E-state index is 11.1. The van der Waals surface area contributed by atoms with Crippen LogP contribution in [0.25, 0.3) is 0 Å². The number of carbonyl (C=O) groups is 1. The molecule has 1 aromatic carbocycles. The number of aryl methyl sites for hydroxylation is 1. The quantitative estimate of drug-likeness (QED) is 0.919. The molecule has 2 saturated heterocycles. The Kier molecular flexibility index (Phi) is 3.66. The van der Waals surface area contributed by atoms with Crippen molar-refractivity contribution < 1.29 is 9.90 Å². The topological polar surface area (TPSA) is 43.8 Å². The van der Waals surface area contributed by atoms with Crippen molar-refractivity contribution in [2.75, 3.05) is 31.1 Å². The number of anilines is 1. The van der Waals surface area contributed by atoms with Crippen LogP contribution < -0.4 is 4.90 Å². The molecular formula is C16H22N2O2. The summed E-state index contributed by atoms with van der Waals surface area (Å²) in [4.78, 5) is 16.1. The molecule has 108 valence electrons. The monoisotopic (exact) mass is 274 g/mol. The maximum atomic E-state index is 11.1. The van der Waals surface area contributed by atoms with Gasteiger partial charge in [-0.15, -0.1) is 0 Å². The van der Waals surface area contributed by atoms with Crippen molar-refractivity contribution in [3.05, 3.63) is 29.3 Å². The summed E-state index contributed by atoms with van der Waals surface area (Å²) in [5.74, 6) is -0.842. The lowest BCUT2D eigenvalue weighted by Gasteiger charge is -2.24. The van der Waals surface area contributed by atoms with E-state index in [2.05, 4.69) is 9.80 Å². The molecule has 0 aromatic heterocycles. The number of aromatic carboxylic acids is 1. The van der Waals surface area contributed by atoms with Gasteiger partial charge in [-0.3, -0.25) is 4.90 Å². The minimum atomic E-state index is -0.842. The molecule has 2 heterocycles. The van der Waals surface area contributed by atoms with Crippen LogP contribution in [0.4, 0.5) is 5.69 Å². The highest BCUT2D eigenvalue weighted by Gasteiger charge is 2.29. The van der Waals surface area contributed by atoms with Gasteiger partial charge in [-0.1, -0.05) is 0 Å². The standard InChI is InChI=1S/C16H22N2O2/c1-12-10-13(4-5-15(12)16(19)20)18-9-6-14(11-18)17-7-2-3-8-17/h4-5,10,14H,2-3,6-9,11H2,1H3,(H,19,20). The fourth-order valence-electron chi connectivity index (χ4n) is 3.47. The molecule has 2 fully saturated rings. The predicted molar refractivity (Wildman–Crippen MR) is 79.6 cm³/mol. The number of rotatable bonds is 3. The van der Waals surface area contributed by atoms with Gasteiger partial charge in [0.05, 0.1) is 5.56 Å². The van der Waals surface area contributed by atoms with E-state index in [9.17, 15) is 4.79 Å². The number of likely N-dealkylation sites (tertiary alicyclic amines) is 1. The third-order valence-electron chi connectivity index (χ3n) is 4.63. The molecule has 1 aromatic rings. The van der Waals surface area contributed by atoms with Gasteiger partial charge in [-0.2, -0.15) is 0 Å². The Balaban J connectivity index is 1.71. The van der Waals surface area contributed by atoms with E-state index in [-0.39, 0.29) is 0 Å². The van der Waals surface area contributed by atoms with Gasteiger partial charge in [-0.25, -0.2) is 4.79 Å². The Morgan fingerprint density at radius 1 is 1.25 bits per heavy atom. The fourth-order valence-corrected chi connectivity index (χ4v) is 3.47. The summed E-state index contributed by atoms with van der Waals surface area (Å²) in [5.41, 5.74) is 2.41. The van der Waals surface area contributed by atoms with E-state index in [0.717, 1.165) is 24.3 Å². The molecule has 1 atom stereocenters. The number of carboxylic acids is 1. The maximum Gasteiger partial charge on any atom is 0.335 e. The second kappa shape index (κ2) is 5.44. The largest absolute Gasteiger partial charge is 0.478 e. The highest BCUT2D eigenvalue weighted by molar-refractivity contribution is 5.89. The zero-order valence-electron chi connectivity index (χ0n) is 12.0. The average molecular weight is 274 g/mol. The molecule has 4 nitrogen and oxygen atoms in total. The van der Waals surface area contributed by atoms with Crippen LogP contribution in [0.2, 0.25) is 0 Å². The van der Waals surface area contributed by atoms with Gasteiger partial charge in [0, 0.05) is 24.8 Å². The molecule has 0 aliphatic carbocycles. The molecular weight excluding hydrogens is 252 g/mol. The van der Waals surface area contributed by atoms with Crippen LogP contribution >= 0.6 is 0 Å². The second-order valence-electron chi connectivity index (χ2n) is 5.94. The van der Waals surface area contributed by atoms with E-state index in [1.807, 2.05) is 19.1 Å². The van der Waals surface area contributed by atoms with Crippen molar-refractivity contribution in [1.82, 2.24) is 4.90 Å². The first-order valence-electron chi connectivity index (χ1n) is 7.48. The van der Waals surface area contributed by atoms with Gasteiger partial charge in [0.15, 0.2) is 0 Å². The first kappa shape index (κ1) is 13.4. The van der Waals surface area contributed by atoms with Crippen LogP contribution in [-0.2, 0) is 0 Å². The van der Waals surface area contributed by atoms with Gasteiger partial charge in [-0.05, 0) is 63.0 Å². The van der Waals surface area contributed by atoms with E-state index in [0.29, 0.717) is 11.6 Å². The third kappa shape index (κ3) is 2.52. The van der Waals surface area contributed by atoms with E-state index in [4.69, 9.17) is 5.11 Å². The number of carboxylic acid groups (broad SMARTS) is 1. The molecule has 0 bridgehead atoms. The van der Waals surface area contributed by atoms with E-state index >= 15 is 0 Å². The minimum Gasteiger partial charge on any atom is -0.478 e. The van der Waals surface area contributed by atoms with E-state index in [1.165, 1.54) is 32.4 Å². The predicted octanol–water partition coefficient (Wildman–Crippen LogP) is 2.37. The summed E-state index contributed by atoms with van der Waals surface area (Å²) in [6.45, 7) is 6.52. The molecule has 2 aliphatic heterocycles. The van der Waals surface area contributed by atoms with Crippen LogP contribution in [0.3, 0.4) is 0 Å². The van der Waals surface area contributed by atoms with Gasteiger partial charge in [0.1, 0.15) is 0 Å². The van der Waals surface area contributed by atoms with Crippen molar-refractivity contribution in [1.29, 1.82) is 0 Å². The molecule has 0 saturated carbocycles. The SMILES string of the molecule is Cc1cc(N2CCC(N3CCCC3)C2)ccc1C(=O)O. The summed E-state index contributed by atoms with van der Waals surface area (Å²) in [5, 5.41) is 9.09. The highest BCUT2D eigenvalue weighted by atomic mass is 16.4. The molecule has 0 amide bonds. The number of hydrogen-bond donors (Lipinski definition) is 1. The lowest BCUT2D eigenvalue weighted by Crippen LogP contribution is -2.35. The van der Waals surface area contributed by atoms with Crippen molar-refractivity contribution >= 4 is 11.7 Å². The van der Waals surface area contributed by atoms with Gasteiger partial charge in [0.2, 0.25) is 0 Å². The summed E-state index contributed by atoms with van der Waals surface area (Å²) < 4.78 is 0. The average Bonchev–Trinajstić information content (AvgIpc) is 3.09. The van der Waals surface area contributed by atoms with E-state index in [1.54, 1.807) is 6.07 Å². The van der Waals surface area contributed by atoms with Crippen molar-refractivity contribution in [2.24, 2.45) is 0 Å². The number of nitrogens with zero attached hydrogens (tertiary/aromatic N) is 2. The Hall–Kier alpha value is -1.55. The molecule has 20 heavy (non-hydrogen) atoms. The molecule has 0 radical (unpaired) electrons. The lowest BCUT2D eigenvalue weighted by molar-refractivity contribution is 0.0696. The summed E-state index contributed by atoms with van der Waals surface area (Å²) in [6, 6.07) is 6.37. The zero-order chi connectivity index (χ0) is 14.1. The number of benzene rings is 1. The first-order valence-corrected chi connectivity index (χ1v) is 7.48. The van der Waals surface area contributed by atoms with Crippen molar-refractivity contribution in [3.63, 3.8) is 0 Å². The van der Waals surface area contributed by atoms with Gasteiger partial charge >= 0.3 is 5.97 Å². The summed E-state index contributed by atoms with van der Waals surface area (Å²) in [7, 11) is 0. The third-order valence-corrected chi connectivity index (χ3v) is 4.63. The Labute approximate surface area is 120 Å². The Morgan fingerprint density at radius 3 is 2.65 bits per heavy atom. The lowest BCUT2D eigenvalue weighted by atomic mass is 10.1. The molecule has 0 spiro atoms. The molecule has 1 N–H and O–H groups in total. The molecule has 2 aliphatic rings. The Morgan fingerprint density at radius 2 is 2.00 bits per heavy atom. The Bertz CT molecular complexity index is 509. The van der Waals surface area contributed by atoms with Crippen LogP contribution in [-0.4, -0.2) is 48.2 Å². The van der Waals surface area contributed by atoms with Crippen LogP contribution in [0, 0.1) is 6.92 Å². The molecule has 3 rings (SSSR count). The van der Waals surface area contributed by atoms with Gasteiger partial charge in [0.25, 0.3) is 0 Å². The normalized spacial score (nSPS) is 23.4. The van der Waals surface area contributed by atoms with Gasteiger partial charge < -0.3 is 10.0 Å².